The van der Waals surface area contributed by atoms with Crippen LogP contribution in [0.5, 0.6) is 0 Å². The molecule has 1 aromatic rings. The Morgan fingerprint density at radius 2 is 2.33 bits per heavy atom. The molecule has 0 bridgehead atoms. The van der Waals surface area contributed by atoms with Gasteiger partial charge in [-0.1, -0.05) is 6.92 Å². The lowest BCUT2D eigenvalue weighted by Crippen LogP contribution is -2.13. The molecule has 0 fully saturated rings. The molecule has 1 rings (SSSR count). The highest BCUT2D eigenvalue weighted by atomic mass is 79.9. The van der Waals surface area contributed by atoms with Gasteiger partial charge in [0.2, 0.25) is 0 Å². The quantitative estimate of drug-likeness (QED) is 0.860. The maximum absolute atomic E-state index is 5.53. The monoisotopic (exact) mass is 228 g/mol. The molecular weight excluding hydrogens is 216 g/mol. The molecule has 0 aliphatic rings. The summed E-state index contributed by atoms with van der Waals surface area (Å²) in [6, 6.07) is 2.08. The predicted molar refractivity (Wildman–Crippen MR) is 53.9 cm³/mol. The van der Waals surface area contributed by atoms with Gasteiger partial charge in [0.25, 0.3) is 0 Å². The molecule has 1 unspecified atom stereocenters. The van der Waals surface area contributed by atoms with E-state index in [0.29, 0.717) is 5.92 Å². The standard InChI is InChI=1S/C9H13BrN2/c1-7(4-11)2-8-3-9(10)6-12-5-8/h3,5-7H,2,4,11H2,1H3. The minimum atomic E-state index is 0.529. The van der Waals surface area contributed by atoms with Crippen LogP contribution in [0.2, 0.25) is 0 Å². The first-order chi connectivity index (χ1) is 5.72. The normalized spacial score (nSPS) is 12.9. The van der Waals surface area contributed by atoms with Gasteiger partial charge in [-0.3, -0.25) is 4.98 Å². The summed E-state index contributed by atoms with van der Waals surface area (Å²) in [6.45, 7) is 2.87. The summed E-state index contributed by atoms with van der Waals surface area (Å²) >= 11 is 3.38. The average molecular weight is 229 g/mol. The van der Waals surface area contributed by atoms with Crippen LogP contribution < -0.4 is 5.73 Å². The Labute approximate surface area is 81.3 Å². The molecule has 0 saturated heterocycles. The molecular formula is C9H13BrN2. The van der Waals surface area contributed by atoms with Gasteiger partial charge in [0.15, 0.2) is 0 Å². The Bertz CT molecular complexity index is 250. The molecule has 66 valence electrons. The molecule has 2 N–H and O–H groups in total. The Morgan fingerprint density at radius 1 is 1.58 bits per heavy atom. The number of rotatable bonds is 3. The minimum Gasteiger partial charge on any atom is -0.330 e. The average Bonchev–Trinajstić information content (AvgIpc) is 2.04. The topological polar surface area (TPSA) is 38.9 Å². The number of nitrogens with two attached hydrogens (primary N) is 1. The molecule has 1 atom stereocenters. The summed E-state index contributed by atoms with van der Waals surface area (Å²) in [5.74, 6) is 0.529. The van der Waals surface area contributed by atoms with Crippen molar-refractivity contribution in [2.24, 2.45) is 11.7 Å². The lowest BCUT2D eigenvalue weighted by Gasteiger charge is -2.07. The van der Waals surface area contributed by atoms with Crippen molar-refractivity contribution in [3.05, 3.63) is 28.5 Å². The zero-order valence-corrected chi connectivity index (χ0v) is 8.71. The third-order valence-electron chi connectivity index (χ3n) is 1.75. The summed E-state index contributed by atoms with van der Waals surface area (Å²) in [7, 11) is 0. The van der Waals surface area contributed by atoms with E-state index in [9.17, 15) is 0 Å². The SMILES string of the molecule is CC(CN)Cc1cncc(Br)c1. The van der Waals surface area contributed by atoms with E-state index in [4.69, 9.17) is 5.73 Å². The third-order valence-corrected chi connectivity index (χ3v) is 2.18. The van der Waals surface area contributed by atoms with Crippen LogP contribution in [0.25, 0.3) is 0 Å². The second-order valence-corrected chi connectivity index (χ2v) is 3.97. The van der Waals surface area contributed by atoms with E-state index in [1.165, 1.54) is 5.56 Å². The van der Waals surface area contributed by atoms with E-state index in [2.05, 4.69) is 33.9 Å². The van der Waals surface area contributed by atoms with Gasteiger partial charge in [0, 0.05) is 16.9 Å². The van der Waals surface area contributed by atoms with Gasteiger partial charge in [0.05, 0.1) is 0 Å². The maximum Gasteiger partial charge on any atom is 0.0410 e. The fraction of sp³-hybridized carbons (Fsp3) is 0.444. The van der Waals surface area contributed by atoms with Crippen LogP contribution in [-0.2, 0) is 6.42 Å². The van der Waals surface area contributed by atoms with Crippen molar-refractivity contribution >= 4 is 15.9 Å². The first-order valence-corrected chi connectivity index (χ1v) is 4.81. The van der Waals surface area contributed by atoms with E-state index >= 15 is 0 Å². The van der Waals surface area contributed by atoms with E-state index in [1.807, 2.05) is 6.20 Å². The molecule has 12 heavy (non-hydrogen) atoms. The van der Waals surface area contributed by atoms with Crippen molar-refractivity contribution < 1.29 is 0 Å². The van der Waals surface area contributed by atoms with Crippen LogP contribution in [-0.4, -0.2) is 11.5 Å². The van der Waals surface area contributed by atoms with Crippen LogP contribution in [0.3, 0.4) is 0 Å². The fourth-order valence-electron chi connectivity index (χ4n) is 1.05. The lowest BCUT2D eigenvalue weighted by atomic mass is 10.0. The minimum absolute atomic E-state index is 0.529. The van der Waals surface area contributed by atoms with Crippen LogP contribution in [0.1, 0.15) is 12.5 Å². The molecule has 0 saturated carbocycles. The van der Waals surface area contributed by atoms with Crippen molar-refractivity contribution in [1.29, 1.82) is 0 Å². The number of hydrogen-bond donors (Lipinski definition) is 1. The molecule has 3 heteroatoms. The molecule has 0 aliphatic heterocycles. The summed E-state index contributed by atoms with van der Waals surface area (Å²) in [5, 5.41) is 0. The van der Waals surface area contributed by atoms with Crippen molar-refractivity contribution in [1.82, 2.24) is 4.98 Å². The van der Waals surface area contributed by atoms with Crippen molar-refractivity contribution in [3.8, 4) is 0 Å². The number of aromatic nitrogens is 1. The number of hydrogen-bond acceptors (Lipinski definition) is 2. The van der Waals surface area contributed by atoms with Crippen molar-refractivity contribution in [2.75, 3.05) is 6.54 Å². The molecule has 0 amide bonds. The molecule has 1 heterocycles. The highest BCUT2D eigenvalue weighted by Gasteiger charge is 2.01. The molecule has 0 radical (unpaired) electrons. The Hall–Kier alpha value is -0.410. The Balaban J connectivity index is 2.63. The van der Waals surface area contributed by atoms with Gasteiger partial charge in [-0.15, -0.1) is 0 Å². The molecule has 0 spiro atoms. The van der Waals surface area contributed by atoms with Gasteiger partial charge in [0.1, 0.15) is 0 Å². The van der Waals surface area contributed by atoms with E-state index in [-0.39, 0.29) is 0 Å². The summed E-state index contributed by atoms with van der Waals surface area (Å²) < 4.78 is 1.03. The summed E-state index contributed by atoms with van der Waals surface area (Å²) in [4.78, 5) is 4.08. The molecule has 0 aromatic carbocycles. The van der Waals surface area contributed by atoms with Crippen LogP contribution in [0.4, 0.5) is 0 Å². The summed E-state index contributed by atoms with van der Waals surface area (Å²) in [6.07, 6.45) is 4.68. The smallest absolute Gasteiger partial charge is 0.0410 e. The van der Waals surface area contributed by atoms with Gasteiger partial charge in [-0.2, -0.15) is 0 Å². The Kier molecular flexibility index (Phi) is 3.69. The fourth-order valence-corrected chi connectivity index (χ4v) is 1.47. The summed E-state index contributed by atoms with van der Waals surface area (Å²) in [5.41, 5.74) is 6.76. The molecule has 1 aromatic heterocycles. The second-order valence-electron chi connectivity index (χ2n) is 3.06. The third kappa shape index (κ3) is 2.91. The second kappa shape index (κ2) is 4.58. The van der Waals surface area contributed by atoms with Crippen LogP contribution in [0.15, 0.2) is 22.9 Å². The predicted octanol–water partition coefficient (Wildman–Crippen LogP) is 1.98. The molecule has 2 nitrogen and oxygen atoms in total. The van der Waals surface area contributed by atoms with E-state index in [0.717, 1.165) is 17.4 Å². The largest absolute Gasteiger partial charge is 0.330 e. The van der Waals surface area contributed by atoms with Crippen LogP contribution in [0, 0.1) is 5.92 Å². The van der Waals surface area contributed by atoms with Crippen molar-refractivity contribution in [3.63, 3.8) is 0 Å². The van der Waals surface area contributed by atoms with Crippen LogP contribution >= 0.6 is 15.9 Å². The highest BCUT2D eigenvalue weighted by Crippen LogP contribution is 2.12. The number of pyridine rings is 1. The maximum atomic E-state index is 5.53. The zero-order valence-electron chi connectivity index (χ0n) is 7.13. The molecule has 0 aliphatic carbocycles. The van der Waals surface area contributed by atoms with Gasteiger partial charge < -0.3 is 5.73 Å². The van der Waals surface area contributed by atoms with Gasteiger partial charge >= 0.3 is 0 Å². The number of nitrogens with zero attached hydrogens (tertiary/aromatic N) is 1. The Morgan fingerprint density at radius 3 is 2.92 bits per heavy atom. The first-order valence-electron chi connectivity index (χ1n) is 4.02. The van der Waals surface area contributed by atoms with Crippen molar-refractivity contribution in [2.45, 2.75) is 13.3 Å². The van der Waals surface area contributed by atoms with E-state index in [1.54, 1.807) is 6.20 Å². The van der Waals surface area contributed by atoms with E-state index < -0.39 is 0 Å². The number of halogens is 1. The highest BCUT2D eigenvalue weighted by molar-refractivity contribution is 9.10. The first kappa shape index (κ1) is 9.68. The van der Waals surface area contributed by atoms with Gasteiger partial charge in [-0.05, 0) is 46.4 Å². The lowest BCUT2D eigenvalue weighted by molar-refractivity contribution is 0.592. The zero-order chi connectivity index (χ0) is 8.97. The van der Waals surface area contributed by atoms with Gasteiger partial charge in [-0.25, -0.2) is 0 Å².